The van der Waals surface area contributed by atoms with Crippen molar-refractivity contribution >= 4 is 5.97 Å². The summed E-state index contributed by atoms with van der Waals surface area (Å²) in [6, 6.07) is 0.612. The van der Waals surface area contributed by atoms with E-state index in [0.29, 0.717) is 6.04 Å². The summed E-state index contributed by atoms with van der Waals surface area (Å²) < 4.78 is 0. The van der Waals surface area contributed by atoms with Crippen LogP contribution in [0.25, 0.3) is 0 Å². The van der Waals surface area contributed by atoms with Crippen molar-refractivity contribution in [3.63, 3.8) is 0 Å². The van der Waals surface area contributed by atoms with E-state index in [4.69, 9.17) is 4.84 Å². The average Bonchev–Trinajstić information content (AvgIpc) is 2.09. The molecular formula is C11H22N2O2. The molecule has 0 unspecified atom stereocenters. The molecule has 1 rings (SSSR count). The molecule has 0 aromatic rings. The molecule has 1 aliphatic rings. The molecule has 0 bridgehead atoms. The highest BCUT2D eigenvalue weighted by Gasteiger charge is 2.30. The Bertz CT molecular complexity index is 235. The monoisotopic (exact) mass is 214 g/mol. The normalized spacial score (nSPS) is 28.9. The maximum absolute atomic E-state index is 11.7. The van der Waals surface area contributed by atoms with Crippen molar-refractivity contribution < 1.29 is 9.63 Å². The molecule has 4 heteroatoms. The van der Waals surface area contributed by atoms with Crippen molar-refractivity contribution in [3.05, 3.63) is 0 Å². The first-order valence-corrected chi connectivity index (χ1v) is 5.53. The number of piperazine rings is 1. The number of carbonyl (C=O) groups excluding carboxylic acids is 1. The number of rotatable bonds is 1. The molecule has 4 nitrogen and oxygen atoms in total. The Hall–Kier alpha value is -0.610. The summed E-state index contributed by atoms with van der Waals surface area (Å²) in [4.78, 5) is 17.1. The van der Waals surface area contributed by atoms with Crippen molar-refractivity contribution in [1.29, 1.82) is 0 Å². The maximum atomic E-state index is 11.7. The van der Waals surface area contributed by atoms with Gasteiger partial charge in [0.05, 0.1) is 18.0 Å². The lowest BCUT2D eigenvalue weighted by molar-refractivity contribution is -0.215. The third-order valence-electron chi connectivity index (χ3n) is 2.52. The summed E-state index contributed by atoms with van der Waals surface area (Å²) in [5, 5.41) is 5.13. The van der Waals surface area contributed by atoms with Gasteiger partial charge in [-0.25, -0.2) is 4.79 Å². The lowest BCUT2D eigenvalue weighted by Crippen LogP contribution is -2.55. The van der Waals surface area contributed by atoms with E-state index in [0.717, 1.165) is 13.1 Å². The van der Waals surface area contributed by atoms with Crippen molar-refractivity contribution in [2.24, 2.45) is 5.41 Å². The van der Waals surface area contributed by atoms with Gasteiger partial charge in [0.15, 0.2) is 0 Å². The molecule has 0 aromatic heterocycles. The minimum atomic E-state index is -0.437. The van der Waals surface area contributed by atoms with Gasteiger partial charge in [-0.15, -0.1) is 5.06 Å². The van der Waals surface area contributed by atoms with E-state index in [1.807, 2.05) is 20.8 Å². The second kappa shape index (κ2) is 4.49. The predicted molar refractivity (Wildman–Crippen MR) is 59.2 cm³/mol. The molecular weight excluding hydrogens is 192 g/mol. The molecule has 15 heavy (non-hydrogen) atoms. The molecule has 2 atom stereocenters. The van der Waals surface area contributed by atoms with Crippen LogP contribution in [0, 0.1) is 5.41 Å². The van der Waals surface area contributed by atoms with Crippen molar-refractivity contribution in [2.45, 2.75) is 46.7 Å². The molecule has 0 spiro atoms. The lowest BCUT2D eigenvalue weighted by Gasteiger charge is -2.36. The summed E-state index contributed by atoms with van der Waals surface area (Å²) in [6.45, 7) is 11.4. The molecule has 1 aliphatic heterocycles. The van der Waals surface area contributed by atoms with Gasteiger partial charge in [0.25, 0.3) is 0 Å². The molecule has 88 valence electrons. The zero-order chi connectivity index (χ0) is 11.6. The number of carbonyl (C=O) groups is 1. The van der Waals surface area contributed by atoms with Gasteiger partial charge in [0.2, 0.25) is 0 Å². The Kier molecular flexibility index (Phi) is 3.73. The van der Waals surface area contributed by atoms with E-state index in [1.54, 1.807) is 5.06 Å². The van der Waals surface area contributed by atoms with Crippen LogP contribution in [-0.4, -0.2) is 36.2 Å². The fourth-order valence-corrected chi connectivity index (χ4v) is 1.36. The smallest absolute Gasteiger partial charge is 0.330 e. The van der Waals surface area contributed by atoms with Crippen LogP contribution in [0.2, 0.25) is 0 Å². The molecule has 0 amide bonds. The fraction of sp³-hybridized carbons (Fsp3) is 0.909. The summed E-state index contributed by atoms with van der Waals surface area (Å²) >= 11 is 0. The number of hydrogen-bond donors (Lipinski definition) is 1. The largest absolute Gasteiger partial charge is 0.367 e. The van der Waals surface area contributed by atoms with Crippen LogP contribution in [0.15, 0.2) is 0 Å². The lowest BCUT2D eigenvalue weighted by atomic mass is 9.98. The molecule has 0 aliphatic carbocycles. The van der Waals surface area contributed by atoms with Gasteiger partial charge in [-0.2, -0.15) is 0 Å². The third-order valence-corrected chi connectivity index (χ3v) is 2.52. The van der Waals surface area contributed by atoms with Gasteiger partial charge in [0.1, 0.15) is 0 Å². The fourth-order valence-electron chi connectivity index (χ4n) is 1.36. The molecule has 1 fully saturated rings. The number of hydrogen-bond acceptors (Lipinski definition) is 4. The third kappa shape index (κ3) is 3.47. The average molecular weight is 214 g/mol. The second-order valence-electron chi connectivity index (χ2n) is 5.39. The topological polar surface area (TPSA) is 41.6 Å². The Morgan fingerprint density at radius 1 is 1.40 bits per heavy atom. The first-order chi connectivity index (χ1) is 6.80. The number of nitrogens with one attached hydrogen (secondary N) is 1. The van der Waals surface area contributed by atoms with Crippen molar-refractivity contribution in [1.82, 2.24) is 10.4 Å². The minimum absolute atomic E-state index is 0.163. The highest BCUT2D eigenvalue weighted by Crippen LogP contribution is 2.18. The summed E-state index contributed by atoms with van der Waals surface area (Å²) in [6.07, 6.45) is 0. The first-order valence-electron chi connectivity index (χ1n) is 5.53. The highest BCUT2D eigenvalue weighted by molar-refractivity contribution is 5.75. The summed E-state index contributed by atoms with van der Waals surface area (Å²) in [7, 11) is 0. The quantitative estimate of drug-likeness (QED) is 0.711. The van der Waals surface area contributed by atoms with E-state index >= 15 is 0 Å². The molecule has 0 aromatic carbocycles. The summed E-state index contributed by atoms with van der Waals surface area (Å²) in [5.41, 5.74) is -0.437. The Balaban J connectivity index is 2.53. The van der Waals surface area contributed by atoms with E-state index in [9.17, 15) is 4.79 Å². The van der Waals surface area contributed by atoms with Gasteiger partial charge >= 0.3 is 5.97 Å². The van der Waals surface area contributed by atoms with Crippen LogP contribution in [0.5, 0.6) is 0 Å². The summed E-state index contributed by atoms with van der Waals surface area (Å²) in [5.74, 6) is -0.163. The molecule has 1 N–H and O–H groups in total. The predicted octanol–water partition coefficient (Wildman–Crippen LogP) is 1.17. The molecule has 1 saturated heterocycles. The van der Waals surface area contributed by atoms with Crippen LogP contribution in [-0.2, 0) is 9.63 Å². The van der Waals surface area contributed by atoms with Gasteiger partial charge in [-0.3, -0.25) is 0 Å². The molecule has 0 saturated carbocycles. The second-order valence-corrected chi connectivity index (χ2v) is 5.39. The van der Waals surface area contributed by atoms with Crippen LogP contribution >= 0.6 is 0 Å². The van der Waals surface area contributed by atoms with Crippen molar-refractivity contribution in [2.75, 3.05) is 13.1 Å². The van der Waals surface area contributed by atoms with Crippen molar-refractivity contribution in [3.8, 4) is 0 Å². The van der Waals surface area contributed by atoms with Gasteiger partial charge in [-0.05, 0) is 34.6 Å². The number of nitrogens with zero attached hydrogens (tertiary/aromatic N) is 1. The zero-order valence-electron chi connectivity index (χ0n) is 10.3. The van der Waals surface area contributed by atoms with Crippen LogP contribution in [0.1, 0.15) is 34.6 Å². The maximum Gasteiger partial charge on any atom is 0.330 e. The van der Waals surface area contributed by atoms with Crippen LogP contribution in [0.3, 0.4) is 0 Å². The van der Waals surface area contributed by atoms with Gasteiger partial charge in [-0.1, -0.05) is 0 Å². The minimum Gasteiger partial charge on any atom is -0.367 e. The number of hydroxylamine groups is 2. The van der Waals surface area contributed by atoms with Gasteiger partial charge in [0, 0.05) is 12.6 Å². The van der Waals surface area contributed by atoms with Crippen LogP contribution in [0.4, 0.5) is 0 Å². The van der Waals surface area contributed by atoms with E-state index < -0.39 is 5.41 Å². The van der Waals surface area contributed by atoms with E-state index in [-0.39, 0.29) is 12.0 Å². The highest BCUT2D eigenvalue weighted by atomic mass is 16.7. The molecule has 0 radical (unpaired) electrons. The Morgan fingerprint density at radius 2 is 2.00 bits per heavy atom. The van der Waals surface area contributed by atoms with Crippen LogP contribution < -0.4 is 5.32 Å². The zero-order valence-corrected chi connectivity index (χ0v) is 10.3. The standard InChI is InChI=1S/C11H22N2O2/c1-8-7-13(9(2)6-12-8)15-10(14)11(3,4)5/h8-9,12H,6-7H2,1-5H3/t8-,9+/m0/s1. The Morgan fingerprint density at radius 3 is 2.53 bits per heavy atom. The molecule has 1 heterocycles. The SMILES string of the molecule is C[C@@H]1CN[C@@H](C)CN1OC(=O)C(C)(C)C. The Labute approximate surface area is 91.9 Å². The van der Waals surface area contributed by atoms with E-state index in [2.05, 4.69) is 19.2 Å². The van der Waals surface area contributed by atoms with E-state index in [1.165, 1.54) is 0 Å². The first kappa shape index (κ1) is 12.5. The van der Waals surface area contributed by atoms with Gasteiger partial charge < -0.3 is 10.2 Å².